The lowest BCUT2D eigenvalue weighted by molar-refractivity contribution is 0.0697. The van der Waals surface area contributed by atoms with Crippen LogP contribution in [0.5, 0.6) is 0 Å². The zero-order valence-electron chi connectivity index (χ0n) is 11.7. The second-order valence-corrected chi connectivity index (χ2v) is 6.43. The first kappa shape index (κ1) is 14.1. The Morgan fingerprint density at radius 2 is 2.00 bits per heavy atom. The zero-order chi connectivity index (χ0) is 15.0. The van der Waals surface area contributed by atoms with E-state index in [1.54, 1.807) is 12.1 Å². The minimum Gasteiger partial charge on any atom is -0.478 e. The topological polar surface area (TPSA) is 40.5 Å². The van der Waals surface area contributed by atoms with E-state index in [-0.39, 0.29) is 0 Å². The van der Waals surface area contributed by atoms with Gasteiger partial charge in [0.25, 0.3) is 0 Å². The van der Waals surface area contributed by atoms with Crippen LogP contribution in [0.4, 0.5) is 11.4 Å². The molecule has 3 nitrogen and oxygen atoms in total. The number of aromatic carboxylic acids is 1. The number of halogens is 1. The van der Waals surface area contributed by atoms with Crippen LogP contribution in [0.2, 0.25) is 0 Å². The highest BCUT2D eigenvalue weighted by Crippen LogP contribution is 2.38. The summed E-state index contributed by atoms with van der Waals surface area (Å²) in [6.45, 7) is 3.02. The third-order valence-electron chi connectivity index (χ3n) is 3.83. The van der Waals surface area contributed by atoms with Crippen molar-refractivity contribution in [2.75, 3.05) is 11.4 Å². The predicted molar refractivity (Wildman–Crippen MR) is 87.4 cm³/mol. The van der Waals surface area contributed by atoms with Gasteiger partial charge in [-0.2, -0.15) is 0 Å². The molecule has 1 heterocycles. The van der Waals surface area contributed by atoms with Crippen LogP contribution in [0.1, 0.15) is 22.8 Å². The van der Waals surface area contributed by atoms with Crippen LogP contribution in [-0.2, 0) is 6.42 Å². The summed E-state index contributed by atoms with van der Waals surface area (Å²) in [5.74, 6) is -0.409. The first-order valence-electron chi connectivity index (χ1n) is 6.94. The number of hydrogen-bond donors (Lipinski definition) is 1. The van der Waals surface area contributed by atoms with E-state index in [0.29, 0.717) is 11.5 Å². The van der Waals surface area contributed by atoms with E-state index in [9.17, 15) is 9.90 Å². The summed E-state index contributed by atoms with van der Waals surface area (Å²) in [7, 11) is 0. The molecule has 1 unspecified atom stereocenters. The molecule has 3 rings (SSSR count). The Morgan fingerprint density at radius 3 is 2.76 bits per heavy atom. The SMILES string of the molecule is CC1Cc2ccccc2N(c2cc(Br)ccc2C(=O)O)C1. The molecule has 0 amide bonds. The molecular weight excluding hydrogens is 330 g/mol. The number of fused-ring (bicyclic) bond motifs is 1. The van der Waals surface area contributed by atoms with Crippen LogP contribution in [0.3, 0.4) is 0 Å². The molecule has 0 spiro atoms. The van der Waals surface area contributed by atoms with Crippen LogP contribution in [-0.4, -0.2) is 17.6 Å². The smallest absolute Gasteiger partial charge is 0.337 e. The highest BCUT2D eigenvalue weighted by atomic mass is 79.9. The van der Waals surface area contributed by atoms with Gasteiger partial charge in [-0.05, 0) is 42.2 Å². The van der Waals surface area contributed by atoms with Crippen LogP contribution >= 0.6 is 15.9 Å². The van der Waals surface area contributed by atoms with Gasteiger partial charge < -0.3 is 10.0 Å². The molecule has 2 aromatic rings. The van der Waals surface area contributed by atoms with E-state index in [1.165, 1.54) is 5.56 Å². The van der Waals surface area contributed by atoms with Crippen molar-refractivity contribution in [2.24, 2.45) is 5.92 Å². The molecule has 1 aliphatic heterocycles. The van der Waals surface area contributed by atoms with Crippen molar-refractivity contribution in [3.63, 3.8) is 0 Å². The van der Waals surface area contributed by atoms with Crippen LogP contribution < -0.4 is 4.90 Å². The fraction of sp³-hybridized carbons (Fsp3) is 0.235. The minimum atomic E-state index is -0.895. The van der Waals surface area contributed by atoms with Crippen molar-refractivity contribution in [2.45, 2.75) is 13.3 Å². The molecule has 0 aliphatic carbocycles. The lowest BCUT2D eigenvalue weighted by Crippen LogP contribution is -2.31. The Morgan fingerprint density at radius 1 is 1.24 bits per heavy atom. The van der Waals surface area contributed by atoms with Gasteiger partial charge in [0.2, 0.25) is 0 Å². The maximum absolute atomic E-state index is 11.5. The number of carboxylic acids is 1. The summed E-state index contributed by atoms with van der Waals surface area (Å²) in [5.41, 5.74) is 3.46. The van der Waals surface area contributed by atoms with E-state index in [1.807, 2.05) is 18.2 Å². The zero-order valence-corrected chi connectivity index (χ0v) is 13.3. The second-order valence-electron chi connectivity index (χ2n) is 5.52. The van der Waals surface area contributed by atoms with E-state index in [2.05, 4.69) is 39.9 Å². The van der Waals surface area contributed by atoms with E-state index < -0.39 is 5.97 Å². The second kappa shape index (κ2) is 5.53. The molecule has 0 bridgehead atoms. The molecule has 1 N–H and O–H groups in total. The fourth-order valence-electron chi connectivity index (χ4n) is 2.93. The van der Waals surface area contributed by atoms with Crippen molar-refractivity contribution >= 4 is 33.3 Å². The highest BCUT2D eigenvalue weighted by Gasteiger charge is 2.25. The molecule has 0 radical (unpaired) electrons. The summed E-state index contributed by atoms with van der Waals surface area (Å²) in [6.07, 6.45) is 1.03. The van der Waals surface area contributed by atoms with Gasteiger partial charge >= 0.3 is 5.97 Å². The standard InChI is InChI=1S/C17H16BrNO2/c1-11-8-12-4-2-3-5-15(12)19(10-11)16-9-13(18)6-7-14(16)17(20)21/h2-7,9,11H,8,10H2,1H3,(H,20,21). The summed E-state index contributed by atoms with van der Waals surface area (Å²) >= 11 is 3.45. The molecule has 0 aromatic heterocycles. The van der Waals surface area contributed by atoms with Gasteiger partial charge in [-0.1, -0.05) is 41.1 Å². The molecule has 1 aliphatic rings. The number of nitrogens with zero attached hydrogens (tertiary/aromatic N) is 1. The number of anilines is 2. The Bertz CT molecular complexity index is 699. The largest absolute Gasteiger partial charge is 0.478 e. The van der Waals surface area contributed by atoms with E-state index in [0.717, 1.165) is 28.8 Å². The monoisotopic (exact) mass is 345 g/mol. The number of rotatable bonds is 2. The molecule has 0 saturated heterocycles. The summed E-state index contributed by atoms with van der Waals surface area (Å²) < 4.78 is 0.887. The molecule has 4 heteroatoms. The minimum absolute atomic E-state index is 0.335. The maximum Gasteiger partial charge on any atom is 0.337 e. The Balaban J connectivity index is 2.17. The van der Waals surface area contributed by atoms with E-state index in [4.69, 9.17) is 0 Å². The third kappa shape index (κ3) is 2.68. The third-order valence-corrected chi connectivity index (χ3v) is 4.32. The summed E-state index contributed by atoms with van der Waals surface area (Å²) in [6, 6.07) is 13.5. The van der Waals surface area contributed by atoms with Crippen molar-refractivity contribution in [1.29, 1.82) is 0 Å². The van der Waals surface area contributed by atoms with Gasteiger partial charge in [0.15, 0.2) is 0 Å². The van der Waals surface area contributed by atoms with Crippen LogP contribution in [0.15, 0.2) is 46.9 Å². The van der Waals surface area contributed by atoms with Gasteiger partial charge in [-0.25, -0.2) is 4.79 Å². The molecule has 21 heavy (non-hydrogen) atoms. The average molecular weight is 346 g/mol. The lowest BCUT2D eigenvalue weighted by Gasteiger charge is -2.35. The van der Waals surface area contributed by atoms with E-state index >= 15 is 0 Å². The first-order valence-corrected chi connectivity index (χ1v) is 7.74. The molecule has 0 saturated carbocycles. The van der Waals surface area contributed by atoms with Crippen LogP contribution in [0, 0.1) is 5.92 Å². The highest BCUT2D eigenvalue weighted by molar-refractivity contribution is 9.10. The molecule has 2 aromatic carbocycles. The average Bonchev–Trinajstić information content (AvgIpc) is 2.45. The van der Waals surface area contributed by atoms with Gasteiger partial charge in [0.05, 0.1) is 11.3 Å². The van der Waals surface area contributed by atoms with Gasteiger partial charge in [0.1, 0.15) is 0 Å². The Hall–Kier alpha value is -1.81. The van der Waals surface area contributed by atoms with Crippen LogP contribution in [0.25, 0.3) is 0 Å². The summed E-state index contributed by atoms with van der Waals surface area (Å²) in [4.78, 5) is 13.6. The number of carbonyl (C=O) groups is 1. The lowest BCUT2D eigenvalue weighted by atomic mass is 9.93. The summed E-state index contributed by atoms with van der Waals surface area (Å²) in [5, 5.41) is 9.46. The first-order chi connectivity index (χ1) is 10.1. The quantitative estimate of drug-likeness (QED) is 0.872. The molecule has 0 fully saturated rings. The van der Waals surface area contributed by atoms with Gasteiger partial charge in [-0.15, -0.1) is 0 Å². The Kier molecular flexibility index (Phi) is 3.72. The fourth-order valence-corrected chi connectivity index (χ4v) is 3.28. The molecule has 1 atom stereocenters. The van der Waals surface area contributed by atoms with Crippen molar-refractivity contribution in [3.05, 3.63) is 58.1 Å². The number of benzene rings is 2. The predicted octanol–water partition coefficient (Wildman–Crippen LogP) is 4.48. The van der Waals surface area contributed by atoms with Crippen molar-refractivity contribution in [1.82, 2.24) is 0 Å². The Labute approximate surface area is 132 Å². The molecular formula is C17H16BrNO2. The van der Waals surface area contributed by atoms with Crippen molar-refractivity contribution in [3.8, 4) is 0 Å². The number of hydrogen-bond acceptors (Lipinski definition) is 2. The van der Waals surface area contributed by atoms with Gasteiger partial charge in [0, 0.05) is 16.7 Å². The van der Waals surface area contributed by atoms with Gasteiger partial charge in [-0.3, -0.25) is 0 Å². The number of para-hydroxylation sites is 1. The number of carboxylic acid groups (broad SMARTS) is 1. The normalized spacial score (nSPS) is 17.4. The molecule has 108 valence electrons. The maximum atomic E-state index is 11.5. The van der Waals surface area contributed by atoms with Crippen molar-refractivity contribution < 1.29 is 9.90 Å².